The molecule has 0 aromatic carbocycles. The van der Waals surface area contributed by atoms with E-state index in [9.17, 15) is 0 Å². The fourth-order valence-electron chi connectivity index (χ4n) is 2.44. The summed E-state index contributed by atoms with van der Waals surface area (Å²) in [6.07, 6.45) is 1.78. The normalized spacial score (nSPS) is 12.5. The van der Waals surface area contributed by atoms with E-state index in [1.54, 1.807) is 13.3 Å². The lowest BCUT2D eigenvalue weighted by Gasteiger charge is -2.18. The van der Waals surface area contributed by atoms with Crippen molar-refractivity contribution in [2.24, 2.45) is 0 Å². The van der Waals surface area contributed by atoms with E-state index in [0.29, 0.717) is 0 Å². The lowest BCUT2D eigenvalue weighted by atomic mass is 9.98. The first kappa shape index (κ1) is 13.6. The average molecular weight is 260 g/mol. The van der Waals surface area contributed by atoms with Gasteiger partial charge in [0.05, 0.1) is 13.2 Å². The molecule has 0 aliphatic heterocycles. The number of aromatic nitrogens is 1. The van der Waals surface area contributed by atoms with E-state index in [-0.39, 0.29) is 6.04 Å². The third-order valence-electron chi connectivity index (χ3n) is 3.49. The predicted molar refractivity (Wildman–Crippen MR) is 74.6 cm³/mol. The first-order valence-corrected chi connectivity index (χ1v) is 6.32. The van der Waals surface area contributed by atoms with Crippen molar-refractivity contribution in [3.05, 3.63) is 46.7 Å². The van der Waals surface area contributed by atoms with Crippen molar-refractivity contribution in [2.45, 2.75) is 26.8 Å². The molecule has 0 radical (unpaired) electrons. The summed E-state index contributed by atoms with van der Waals surface area (Å²) in [7, 11) is 3.58. The van der Waals surface area contributed by atoms with Gasteiger partial charge in [-0.25, -0.2) is 0 Å². The van der Waals surface area contributed by atoms with E-state index in [2.05, 4.69) is 17.2 Å². The van der Waals surface area contributed by atoms with Crippen molar-refractivity contribution in [1.29, 1.82) is 0 Å². The second kappa shape index (κ2) is 5.45. The van der Waals surface area contributed by atoms with Gasteiger partial charge in [-0.3, -0.25) is 4.98 Å². The van der Waals surface area contributed by atoms with Crippen LogP contribution in [0.25, 0.3) is 0 Å². The molecule has 0 amide bonds. The minimum atomic E-state index is -0.0337. The molecule has 1 unspecified atom stereocenters. The van der Waals surface area contributed by atoms with Gasteiger partial charge in [-0.1, -0.05) is 0 Å². The van der Waals surface area contributed by atoms with Crippen LogP contribution in [0.2, 0.25) is 0 Å². The summed E-state index contributed by atoms with van der Waals surface area (Å²) in [4.78, 5) is 4.46. The Bertz CT molecular complexity index is 576. The van der Waals surface area contributed by atoms with Crippen LogP contribution in [0.5, 0.6) is 5.75 Å². The number of furan rings is 1. The minimum absolute atomic E-state index is 0.0337. The quantitative estimate of drug-likeness (QED) is 0.918. The van der Waals surface area contributed by atoms with Crippen molar-refractivity contribution in [3.8, 4) is 5.75 Å². The van der Waals surface area contributed by atoms with Crippen molar-refractivity contribution in [1.82, 2.24) is 10.3 Å². The third-order valence-corrected chi connectivity index (χ3v) is 3.49. The van der Waals surface area contributed by atoms with Gasteiger partial charge in [-0.2, -0.15) is 0 Å². The Morgan fingerprint density at radius 2 is 2.00 bits per heavy atom. The molecule has 1 N–H and O–H groups in total. The molecule has 2 aromatic rings. The van der Waals surface area contributed by atoms with E-state index in [4.69, 9.17) is 9.15 Å². The van der Waals surface area contributed by atoms with E-state index in [0.717, 1.165) is 34.1 Å². The largest absolute Gasteiger partial charge is 0.495 e. The molecular weight excluding hydrogens is 240 g/mol. The number of ether oxygens (including phenoxy) is 1. The maximum absolute atomic E-state index is 5.71. The van der Waals surface area contributed by atoms with Crippen LogP contribution in [0.1, 0.15) is 34.4 Å². The molecule has 19 heavy (non-hydrogen) atoms. The maximum Gasteiger partial charge on any atom is 0.142 e. The molecule has 0 aliphatic rings. The first-order valence-electron chi connectivity index (χ1n) is 6.32. The van der Waals surface area contributed by atoms with Crippen LogP contribution in [0.3, 0.4) is 0 Å². The average Bonchev–Trinajstić information content (AvgIpc) is 2.67. The highest BCUT2D eigenvalue weighted by molar-refractivity contribution is 5.42. The lowest BCUT2D eigenvalue weighted by molar-refractivity contribution is 0.401. The Labute approximate surface area is 113 Å². The van der Waals surface area contributed by atoms with Crippen molar-refractivity contribution in [3.63, 3.8) is 0 Å². The van der Waals surface area contributed by atoms with Crippen LogP contribution in [0.15, 0.2) is 22.7 Å². The standard InChI is InChI=1S/C15H20N2O2/c1-9-10(2)19-11(3)13(9)15(16-4)14-12(18-5)7-6-8-17-14/h6-8,15-16H,1-5H3. The SMILES string of the molecule is CNC(c1ncccc1OC)c1c(C)oc(C)c1C. The van der Waals surface area contributed by atoms with Crippen LogP contribution in [0.4, 0.5) is 0 Å². The highest BCUT2D eigenvalue weighted by atomic mass is 16.5. The second-order valence-electron chi connectivity index (χ2n) is 4.57. The van der Waals surface area contributed by atoms with Crippen LogP contribution < -0.4 is 10.1 Å². The Hall–Kier alpha value is -1.81. The number of rotatable bonds is 4. The zero-order valence-electron chi connectivity index (χ0n) is 12.1. The van der Waals surface area contributed by atoms with Gasteiger partial charge in [0.15, 0.2) is 0 Å². The fraction of sp³-hybridized carbons (Fsp3) is 0.400. The number of hydrogen-bond acceptors (Lipinski definition) is 4. The summed E-state index contributed by atoms with van der Waals surface area (Å²) in [5, 5.41) is 3.30. The monoisotopic (exact) mass is 260 g/mol. The van der Waals surface area contributed by atoms with Gasteiger partial charge in [0.1, 0.15) is 23.0 Å². The maximum atomic E-state index is 5.71. The third kappa shape index (κ3) is 2.36. The number of aryl methyl sites for hydroxylation is 2. The molecule has 1 atom stereocenters. The van der Waals surface area contributed by atoms with Gasteiger partial charge in [0, 0.05) is 11.8 Å². The zero-order valence-corrected chi connectivity index (χ0v) is 12.1. The highest BCUT2D eigenvalue weighted by Gasteiger charge is 2.24. The van der Waals surface area contributed by atoms with E-state index >= 15 is 0 Å². The highest BCUT2D eigenvalue weighted by Crippen LogP contribution is 2.33. The lowest BCUT2D eigenvalue weighted by Crippen LogP contribution is -2.20. The summed E-state index contributed by atoms with van der Waals surface area (Å²) in [5.74, 6) is 2.64. The molecule has 0 fully saturated rings. The Morgan fingerprint density at radius 1 is 1.26 bits per heavy atom. The van der Waals surface area contributed by atoms with Crippen LogP contribution in [-0.4, -0.2) is 19.1 Å². The molecule has 0 spiro atoms. The number of nitrogens with zero attached hydrogens (tertiary/aromatic N) is 1. The zero-order chi connectivity index (χ0) is 14.0. The van der Waals surface area contributed by atoms with Gasteiger partial charge < -0.3 is 14.5 Å². The molecular formula is C15H20N2O2. The molecule has 0 aliphatic carbocycles. The number of methoxy groups -OCH3 is 1. The number of pyridine rings is 1. The van der Waals surface area contributed by atoms with Crippen LogP contribution in [0, 0.1) is 20.8 Å². The second-order valence-corrected chi connectivity index (χ2v) is 4.57. The molecule has 2 rings (SSSR count). The first-order chi connectivity index (χ1) is 9.10. The Morgan fingerprint density at radius 3 is 2.53 bits per heavy atom. The van der Waals surface area contributed by atoms with Gasteiger partial charge >= 0.3 is 0 Å². The Kier molecular flexibility index (Phi) is 3.90. The Balaban J connectivity index is 2.56. The van der Waals surface area contributed by atoms with Crippen molar-refractivity contribution >= 4 is 0 Å². The van der Waals surface area contributed by atoms with Gasteiger partial charge in [0.25, 0.3) is 0 Å². The topological polar surface area (TPSA) is 47.3 Å². The minimum Gasteiger partial charge on any atom is -0.495 e. The number of hydrogen-bond donors (Lipinski definition) is 1. The van der Waals surface area contributed by atoms with E-state index < -0.39 is 0 Å². The molecule has 102 valence electrons. The molecule has 0 bridgehead atoms. The predicted octanol–water partition coefficient (Wildman–Crippen LogP) is 2.92. The summed E-state index contributed by atoms with van der Waals surface area (Å²) in [5.41, 5.74) is 3.17. The summed E-state index contributed by atoms with van der Waals surface area (Å²) in [6.45, 7) is 6.03. The molecule has 2 aromatic heterocycles. The molecule has 0 saturated heterocycles. The summed E-state index contributed by atoms with van der Waals surface area (Å²) >= 11 is 0. The fourth-order valence-corrected chi connectivity index (χ4v) is 2.44. The van der Waals surface area contributed by atoms with Gasteiger partial charge in [0.2, 0.25) is 0 Å². The molecule has 0 saturated carbocycles. The summed E-state index contributed by atoms with van der Waals surface area (Å²) in [6, 6.07) is 3.76. The van der Waals surface area contributed by atoms with Crippen molar-refractivity contribution in [2.75, 3.05) is 14.2 Å². The molecule has 2 heterocycles. The molecule has 4 nitrogen and oxygen atoms in total. The van der Waals surface area contributed by atoms with E-state index in [1.807, 2.05) is 33.0 Å². The van der Waals surface area contributed by atoms with Gasteiger partial charge in [-0.15, -0.1) is 0 Å². The van der Waals surface area contributed by atoms with Crippen LogP contribution in [-0.2, 0) is 0 Å². The van der Waals surface area contributed by atoms with Crippen molar-refractivity contribution < 1.29 is 9.15 Å². The number of nitrogens with one attached hydrogen (secondary N) is 1. The van der Waals surface area contributed by atoms with E-state index in [1.165, 1.54) is 0 Å². The smallest absolute Gasteiger partial charge is 0.142 e. The van der Waals surface area contributed by atoms with Gasteiger partial charge in [-0.05, 0) is 45.5 Å². The summed E-state index contributed by atoms with van der Waals surface area (Å²) < 4.78 is 11.1. The molecule has 4 heteroatoms. The van der Waals surface area contributed by atoms with Crippen LogP contribution >= 0.6 is 0 Å².